The van der Waals surface area contributed by atoms with E-state index in [0.29, 0.717) is 42.8 Å². The molecule has 0 aromatic carbocycles. The molecule has 3 aromatic rings. The van der Waals surface area contributed by atoms with E-state index in [-0.39, 0.29) is 24.2 Å². The third kappa shape index (κ3) is 5.09. The van der Waals surface area contributed by atoms with E-state index in [9.17, 15) is 14.7 Å². The number of anilines is 1. The lowest BCUT2D eigenvalue weighted by Gasteiger charge is -2.29. The van der Waals surface area contributed by atoms with Crippen molar-refractivity contribution in [2.75, 3.05) is 18.5 Å². The molecule has 11 nitrogen and oxygen atoms in total. The predicted octanol–water partition coefficient (Wildman–Crippen LogP) is 1.87. The number of aliphatic hydroxyl groups is 1. The molecule has 0 saturated carbocycles. The van der Waals surface area contributed by atoms with Gasteiger partial charge in [0.2, 0.25) is 11.7 Å². The molecule has 0 bridgehead atoms. The smallest absolute Gasteiger partial charge is 0.275 e. The largest absolute Gasteiger partial charge is 0.394 e. The minimum atomic E-state index is -0.401. The van der Waals surface area contributed by atoms with Crippen LogP contribution in [0, 0.1) is 5.92 Å². The number of carbonyl (C=O) groups excluding carboxylic acids is 2. The van der Waals surface area contributed by atoms with E-state index in [2.05, 4.69) is 30.8 Å². The SMILES string of the molecule is CC(C)CC(=O)N1CCc2cnc(C(=O)Nc3cccc(-c4nnnn4[C@H](C)CO)n3)cc2C1. The average molecular weight is 465 g/mol. The van der Waals surface area contributed by atoms with Crippen molar-refractivity contribution in [1.29, 1.82) is 0 Å². The molecule has 11 heteroatoms. The molecule has 0 aliphatic carbocycles. The normalized spacial score (nSPS) is 14.1. The van der Waals surface area contributed by atoms with Crippen LogP contribution in [0.25, 0.3) is 11.5 Å². The van der Waals surface area contributed by atoms with Crippen LogP contribution in [-0.4, -0.2) is 65.1 Å². The number of hydrogen-bond donors (Lipinski definition) is 2. The fraction of sp³-hybridized carbons (Fsp3) is 0.435. The van der Waals surface area contributed by atoms with Gasteiger partial charge >= 0.3 is 0 Å². The van der Waals surface area contributed by atoms with E-state index in [1.807, 2.05) is 18.7 Å². The Morgan fingerprint density at radius 3 is 2.79 bits per heavy atom. The molecule has 0 spiro atoms. The van der Waals surface area contributed by atoms with Gasteiger partial charge in [0.15, 0.2) is 0 Å². The molecule has 2 N–H and O–H groups in total. The Balaban J connectivity index is 1.50. The molecule has 34 heavy (non-hydrogen) atoms. The number of pyridine rings is 2. The molecule has 3 aromatic heterocycles. The molecule has 0 fully saturated rings. The zero-order valence-electron chi connectivity index (χ0n) is 19.5. The zero-order chi connectivity index (χ0) is 24.2. The lowest BCUT2D eigenvalue weighted by molar-refractivity contribution is -0.132. The van der Waals surface area contributed by atoms with Gasteiger partial charge in [-0.25, -0.2) is 9.67 Å². The van der Waals surface area contributed by atoms with Gasteiger partial charge in [-0.1, -0.05) is 19.9 Å². The highest BCUT2D eigenvalue weighted by atomic mass is 16.3. The van der Waals surface area contributed by atoms with Gasteiger partial charge in [-0.05, 0) is 59.0 Å². The Bertz CT molecular complexity index is 1190. The van der Waals surface area contributed by atoms with Crippen molar-refractivity contribution in [2.24, 2.45) is 5.92 Å². The highest BCUT2D eigenvalue weighted by molar-refractivity contribution is 6.02. The Labute approximate surface area is 197 Å². The number of fused-ring (bicyclic) bond motifs is 1. The molecule has 0 unspecified atom stereocenters. The number of aromatic nitrogens is 6. The Kier molecular flexibility index (Phi) is 6.92. The molecule has 4 rings (SSSR count). The number of rotatable bonds is 7. The summed E-state index contributed by atoms with van der Waals surface area (Å²) < 4.78 is 1.48. The molecule has 0 radical (unpaired) electrons. The summed E-state index contributed by atoms with van der Waals surface area (Å²) in [5.41, 5.74) is 2.70. The van der Waals surface area contributed by atoms with E-state index in [1.165, 1.54) is 4.68 Å². The van der Waals surface area contributed by atoms with Gasteiger partial charge in [0.1, 0.15) is 17.2 Å². The van der Waals surface area contributed by atoms with Crippen LogP contribution in [-0.2, 0) is 17.8 Å². The van der Waals surface area contributed by atoms with Gasteiger partial charge in [0.05, 0.1) is 12.6 Å². The molecule has 1 atom stereocenters. The monoisotopic (exact) mass is 464 g/mol. The van der Waals surface area contributed by atoms with Crippen molar-refractivity contribution in [3.8, 4) is 11.5 Å². The fourth-order valence-electron chi connectivity index (χ4n) is 3.80. The Morgan fingerprint density at radius 2 is 2.03 bits per heavy atom. The van der Waals surface area contributed by atoms with E-state index >= 15 is 0 Å². The maximum atomic E-state index is 12.9. The summed E-state index contributed by atoms with van der Waals surface area (Å²) in [6, 6.07) is 6.54. The minimum Gasteiger partial charge on any atom is -0.394 e. The number of amides is 2. The van der Waals surface area contributed by atoms with Crippen LogP contribution in [0.2, 0.25) is 0 Å². The standard InChI is InChI=1S/C23H28N8O3/c1-14(2)9-21(33)30-8-7-16-11-24-19(10-17(16)12-30)23(34)26-20-6-4-5-18(25-20)22-27-28-29-31(22)15(3)13-32/h4-6,10-11,14-15,32H,7-9,12-13H2,1-3H3,(H,25,26,34)/t15-/m1/s1. The lowest BCUT2D eigenvalue weighted by Crippen LogP contribution is -2.36. The number of carbonyl (C=O) groups is 2. The molecule has 4 heterocycles. The third-order valence-corrected chi connectivity index (χ3v) is 5.66. The summed E-state index contributed by atoms with van der Waals surface area (Å²) in [6.07, 6.45) is 2.94. The predicted molar refractivity (Wildman–Crippen MR) is 124 cm³/mol. The van der Waals surface area contributed by atoms with E-state index < -0.39 is 5.91 Å². The van der Waals surface area contributed by atoms with E-state index in [0.717, 1.165) is 17.5 Å². The summed E-state index contributed by atoms with van der Waals surface area (Å²) >= 11 is 0. The van der Waals surface area contributed by atoms with Gasteiger partial charge in [0.25, 0.3) is 5.91 Å². The number of nitrogens with one attached hydrogen (secondary N) is 1. The molecular weight excluding hydrogens is 436 g/mol. The number of nitrogens with zero attached hydrogens (tertiary/aromatic N) is 7. The number of tetrazole rings is 1. The van der Waals surface area contributed by atoms with Gasteiger partial charge in [-0.15, -0.1) is 5.10 Å². The van der Waals surface area contributed by atoms with Crippen molar-refractivity contribution in [2.45, 2.75) is 46.2 Å². The highest BCUT2D eigenvalue weighted by Gasteiger charge is 2.23. The Hall–Kier alpha value is -3.73. The first-order valence-electron chi connectivity index (χ1n) is 11.3. The summed E-state index contributed by atoms with van der Waals surface area (Å²) in [7, 11) is 0. The van der Waals surface area contributed by atoms with Gasteiger partial charge in [-0.3, -0.25) is 14.6 Å². The maximum absolute atomic E-state index is 12.9. The van der Waals surface area contributed by atoms with E-state index in [4.69, 9.17) is 0 Å². The van der Waals surface area contributed by atoms with Crippen LogP contribution in [0.4, 0.5) is 5.82 Å². The van der Waals surface area contributed by atoms with Gasteiger partial charge < -0.3 is 15.3 Å². The van der Waals surface area contributed by atoms with E-state index in [1.54, 1.807) is 37.4 Å². The van der Waals surface area contributed by atoms with Crippen molar-refractivity contribution < 1.29 is 14.7 Å². The van der Waals surface area contributed by atoms with Crippen LogP contribution in [0.15, 0.2) is 30.5 Å². The molecule has 1 aliphatic heterocycles. The van der Waals surface area contributed by atoms with Gasteiger partial charge in [-0.2, -0.15) is 0 Å². The first kappa shape index (κ1) is 23.4. The van der Waals surface area contributed by atoms with Crippen molar-refractivity contribution in [3.05, 3.63) is 47.3 Å². The van der Waals surface area contributed by atoms with Crippen LogP contribution in [0.1, 0.15) is 54.8 Å². The second-order valence-electron chi connectivity index (χ2n) is 8.84. The summed E-state index contributed by atoms with van der Waals surface area (Å²) in [4.78, 5) is 36.0. The Morgan fingerprint density at radius 1 is 1.21 bits per heavy atom. The quantitative estimate of drug-likeness (QED) is 0.540. The molecular formula is C23H28N8O3. The van der Waals surface area contributed by atoms with Crippen LogP contribution < -0.4 is 5.32 Å². The van der Waals surface area contributed by atoms with Crippen LogP contribution in [0.5, 0.6) is 0 Å². The van der Waals surface area contributed by atoms with Crippen LogP contribution in [0.3, 0.4) is 0 Å². The zero-order valence-corrected chi connectivity index (χ0v) is 19.5. The summed E-state index contributed by atoms with van der Waals surface area (Å²) in [5.74, 6) is 0.730. The number of aliphatic hydroxyl groups excluding tert-OH is 1. The third-order valence-electron chi connectivity index (χ3n) is 5.66. The fourth-order valence-corrected chi connectivity index (χ4v) is 3.80. The van der Waals surface area contributed by atoms with Gasteiger partial charge in [0, 0.05) is 25.7 Å². The first-order chi connectivity index (χ1) is 16.4. The maximum Gasteiger partial charge on any atom is 0.275 e. The topological polar surface area (TPSA) is 139 Å². The van der Waals surface area contributed by atoms with Crippen molar-refractivity contribution in [3.63, 3.8) is 0 Å². The second-order valence-corrected chi connectivity index (χ2v) is 8.84. The minimum absolute atomic E-state index is 0.126. The first-order valence-corrected chi connectivity index (χ1v) is 11.3. The lowest BCUT2D eigenvalue weighted by atomic mass is 10.00. The van der Waals surface area contributed by atoms with Crippen LogP contribution >= 0.6 is 0 Å². The summed E-state index contributed by atoms with van der Waals surface area (Å²) in [6.45, 7) is 6.85. The summed E-state index contributed by atoms with van der Waals surface area (Å²) in [5, 5.41) is 23.8. The highest BCUT2D eigenvalue weighted by Crippen LogP contribution is 2.22. The van der Waals surface area contributed by atoms with Crippen molar-refractivity contribution >= 4 is 17.6 Å². The molecule has 0 saturated heterocycles. The number of hydrogen-bond acceptors (Lipinski definition) is 8. The molecule has 178 valence electrons. The second kappa shape index (κ2) is 10.0. The average Bonchev–Trinajstić information content (AvgIpc) is 3.32. The molecule has 2 amide bonds. The van der Waals surface area contributed by atoms with Crippen molar-refractivity contribution in [1.82, 2.24) is 35.1 Å². The molecule has 1 aliphatic rings.